The Morgan fingerprint density at radius 2 is 2.26 bits per heavy atom. The normalized spacial score (nSPS) is 24.1. The maximum Gasteiger partial charge on any atom is 0.295 e. The Bertz CT molecular complexity index is 502. The molecule has 3 rings (SSSR count). The molecule has 19 heavy (non-hydrogen) atoms. The lowest BCUT2D eigenvalue weighted by molar-refractivity contribution is 0.133. The maximum atomic E-state index is 11.7. The number of aromatic amines is 1. The number of H-pyrrole nitrogens is 1. The highest BCUT2D eigenvalue weighted by molar-refractivity contribution is 5.51. The zero-order chi connectivity index (χ0) is 13.2. The van der Waals surface area contributed by atoms with Crippen LogP contribution >= 0.6 is 0 Å². The van der Waals surface area contributed by atoms with Crippen LogP contribution in [0.4, 0.5) is 5.82 Å². The van der Waals surface area contributed by atoms with Crippen molar-refractivity contribution in [3.05, 3.63) is 16.7 Å². The molecule has 0 spiro atoms. The maximum absolute atomic E-state index is 11.7. The van der Waals surface area contributed by atoms with Gasteiger partial charge in [0.2, 0.25) is 5.75 Å². The average molecular weight is 264 g/mol. The van der Waals surface area contributed by atoms with Crippen LogP contribution in [0.5, 0.6) is 5.75 Å². The van der Waals surface area contributed by atoms with Crippen molar-refractivity contribution in [2.75, 3.05) is 38.2 Å². The summed E-state index contributed by atoms with van der Waals surface area (Å²) in [5, 5.41) is 0. The zero-order valence-electron chi connectivity index (χ0n) is 11.3. The van der Waals surface area contributed by atoms with Crippen molar-refractivity contribution in [1.82, 2.24) is 14.9 Å². The van der Waals surface area contributed by atoms with Crippen molar-refractivity contribution >= 4 is 5.82 Å². The van der Waals surface area contributed by atoms with E-state index in [9.17, 15) is 4.79 Å². The van der Waals surface area contributed by atoms with Crippen molar-refractivity contribution in [2.24, 2.45) is 0 Å². The molecule has 0 aromatic carbocycles. The number of hydrogen-bond donors (Lipinski definition) is 1. The number of nitrogens with zero attached hydrogens (tertiary/aromatic N) is 3. The summed E-state index contributed by atoms with van der Waals surface area (Å²) in [5.74, 6) is 1.00. The molecule has 1 unspecified atom stereocenters. The van der Waals surface area contributed by atoms with Crippen LogP contribution in [0, 0.1) is 0 Å². The molecule has 1 N–H and O–H groups in total. The molecule has 2 aliphatic heterocycles. The Morgan fingerprint density at radius 1 is 1.37 bits per heavy atom. The minimum Gasteiger partial charge on any atom is -0.489 e. The highest BCUT2D eigenvalue weighted by Gasteiger charge is 2.30. The molecular formula is C13H20N4O2. The lowest BCUT2D eigenvalue weighted by atomic mass is 9.99. The molecule has 6 heteroatoms. The molecule has 2 aliphatic rings. The van der Waals surface area contributed by atoms with E-state index in [4.69, 9.17) is 4.74 Å². The van der Waals surface area contributed by atoms with Gasteiger partial charge in [-0.05, 0) is 19.4 Å². The number of nitrogens with one attached hydrogen (secondary N) is 1. The first-order valence-corrected chi connectivity index (χ1v) is 6.90. The van der Waals surface area contributed by atoms with E-state index in [0.29, 0.717) is 17.6 Å². The lowest BCUT2D eigenvalue weighted by Crippen LogP contribution is -2.55. The SMILES string of the molecule is COc1c(N2CCN3CCCCC3C2)nc[nH]c1=O. The van der Waals surface area contributed by atoms with E-state index < -0.39 is 0 Å². The number of piperazine rings is 1. The largest absolute Gasteiger partial charge is 0.489 e. The highest BCUT2D eigenvalue weighted by atomic mass is 16.5. The summed E-state index contributed by atoms with van der Waals surface area (Å²) in [6.45, 7) is 4.09. The van der Waals surface area contributed by atoms with Gasteiger partial charge in [-0.3, -0.25) is 9.69 Å². The third-order valence-corrected chi connectivity index (χ3v) is 4.13. The van der Waals surface area contributed by atoms with E-state index in [1.807, 2.05) is 0 Å². The van der Waals surface area contributed by atoms with Crippen LogP contribution < -0.4 is 15.2 Å². The van der Waals surface area contributed by atoms with E-state index >= 15 is 0 Å². The second kappa shape index (κ2) is 5.21. The van der Waals surface area contributed by atoms with Gasteiger partial charge >= 0.3 is 0 Å². The van der Waals surface area contributed by atoms with Gasteiger partial charge in [0.05, 0.1) is 13.4 Å². The fourth-order valence-corrected chi connectivity index (χ4v) is 3.14. The number of methoxy groups -OCH3 is 1. The van der Waals surface area contributed by atoms with Crippen molar-refractivity contribution in [1.29, 1.82) is 0 Å². The summed E-state index contributed by atoms with van der Waals surface area (Å²) in [6.07, 6.45) is 5.30. The van der Waals surface area contributed by atoms with Crippen LogP contribution in [-0.4, -0.2) is 54.2 Å². The number of rotatable bonds is 2. The molecule has 0 aliphatic carbocycles. The first-order chi connectivity index (χ1) is 9.29. The predicted octanol–water partition coefficient (Wildman–Crippen LogP) is 0.453. The molecule has 1 aromatic rings. The summed E-state index contributed by atoms with van der Waals surface area (Å²) in [6, 6.07) is 0.591. The quantitative estimate of drug-likeness (QED) is 0.840. The number of fused-ring (bicyclic) bond motifs is 1. The smallest absolute Gasteiger partial charge is 0.295 e. The Morgan fingerprint density at radius 3 is 3.11 bits per heavy atom. The van der Waals surface area contributed by atoms with Gasteiger partial charge in [-0.25, -0.2) is 4.98 Å². The van der Waals surface area contributed by atoms with Crippen molar-refractivity contribution in [3.8, 4) is 5.75 Å². The van der Waals surface area contributed by atoms with Crippen LogP contribution in [0.2, 0.25) is 0 Å². The molecule has 1 aromatic heterocycles. The number of piperidine rings is 1. The van der Waals surface area contributed by atoms with Crippen LogP contribution in [0.1, 0.15) is 19.3 Å². The van der Waals surface area contributed by atoms with Crippen molar-refractivity contribution < 1.29 is 4.74 Å². The molecular weight excluding hydrogens is 244 g/mol. The number of hydrogen-bond acceptors (Lipinski definition) is 5. The van der Waals surface area contributed by atoms with Crippen LogP contribution in [0.25, 0.3) is 0 Å². The average Bonchev–Trinajstić information content (AvgIpc) is 2.46. The van der Waals surface area contributed by atoms with Crippen molar-refractivity contribution in [3.63, 3.8) is 0 Å². The second-order valence-electron chi connectivity index (χ2n) is 5.22. The Balaban J connectivity index is 1.83. The van der Waals surface area contributed by atoms with Gasteiger partial charge in [0, 0.05) is 25.7 Å². The lowest BCUT2D eigenvalue weighted by Gasteiger charge is -2.44. The monoisotopic (exact) mass is 264 g/mol. The fraction of sp³-hybridized carbons (Fsp3) is 0.692. The Hall–Kier alpha value is -1.56. The van der Waals surface area contributed by atoms with E-state index in [2.05, 4.69) is 19.8 Å². The third kappa shape index (κ3) is 2.32. The van der Waals surface area contributed by atoms with Crippen LogP contribution in [0.3, 0.4) is 0 Å². The van der Waals surface area contributed by atoms with Gasteiger partial charge in [-0.15, -0.1) is 0 Å². The number of anilines is 1. The first kappa shape index (κ1) is 12.5. The first-order valence-electron chi connectivity index (χ1n) is 6.90. The van der Waals surface area contributed by atoms with Gasteiger partial charge < -0.3 is 14.6 Å². The minimum absolute atomic E-state index is 0.210. The standard InChI is InChI=1S/C13H20N4O2/c1-19-11-12(14-9-15-13(11)18)17-7-6-16-5-3-2-4-10(16)8-17/h9-10H,2-8H2,1H3,(H,14,15,18). The number of ether oxygens (including phenoxy) is 1. The van der Waals surface area contributed by atoms with E-state index in [0.717, 1.165) is 19.6 Å². The second-order valence-corrected chi connectivity index (χ2v) is 5.22. The molecule has 3 heterocycles. The molecule has 0 amide bonds. The summed E-state index contributed by atoms with van der Waals surface area (Å²) in [4.78, 5) is 23.3. The zero-order valence-corrected chi connectivity index (χ0v) is 11.3. The van der Waals surface area contributed by atoms with Crippen LogP contribution in [-0.2, 0) is 0 Å². The Labute approximate surface area is 112 Å². The number of aromatic nitrogens is 2. The molecule has 1 atom stereocenters. The van der Waals surface area contributed by atoms with Gasteiger partial charge in [-0.1, -0.05) is 6.42 Å². The van der Waals surface area contributed by atoms with Gasteiger partial charge in [0.15, 0.2) is 5.82 Å². The van der Waals surface area contributed by atoms with Gasteiger partial charge in [0.1, 0.15) is 0 Å². The highest BCUT2D eigenvalue weighted by Crippen LogP contribution is 2.27. The topological polar surface area (TPSA) is 61.5 Å². The van der Waals surface area contributed by atoms with Gasteiger partial charge in [0.25, 0.3) is 5.56 Å². The summed E-state index contributed by atoms with van der Waals surface area (Å²) < 4.78 is 5.20. The summed E-state index contributed by atoms with van der Waals surface area (Å²) in [5.41, 5.74) is -0.210. The predicted molar refractivity (Wildman–Crippen MR) is 72.8 cm³/mol. The van der Waals surface area contributed by atoms with Crippen molar-refractivity contribution in [2.45, 2.75) is 25.3 Å². The van der Waals surface area contributed by atoms with E-state index in [-0.39, 0.29) is 5.56 Å². The molecule has 2 saturated heterocycles. The molecule has 104 valence electrons. The third-order valence-electron chi connectivity index (χ3n) is 4.13. The fourth-order valence-electron chi connectivity index (χ4n) is 3.14. The summed E-state index contributed by atoms with van der Waals surface area (Å²) >= 11 is 0. The molecule has 2 fully saturated rings. The minimum atomic E-state index is -0.210. The summed E-state index contributed by atoms with van der Waals surface area (Å²) in [7, 11) is 1.52. The van der Waals surface area contributed by atoms with Gasteiger partial charge in [-0.2, -0.15) is 0 Å². The van der Waals surface area contributed by atoms with E-state index in [1.54, 1.807) is 0 Å². The van der Waals surface area contributed by atoms with E-state index in [1.165, 1.54) is 39.2 Å². The molecule has 0 radical (unpaired) electrons. The molecule has 0 bridgehead atoms. The van der Waals surface area contributed by atoms with Crippen LogP contribution in [0.15, 0.2) is 11.1 Å². The molecule has 0 saturated carbocycles. The Kier molecular flexibility index (Phi) is 3.42. The molecule has 6 nitrogen and oxygen atoms in total.